The van der Waals surface area contributed by atoms with Crippen molar-refractivity contribution in [3.8, 4) is 0 Å². The van der Waals surface area contributed by atoms with Crippen LogP contribution in [-0.4, -0.2) is 23.0 Å². The van der Waals surface area contributed by atoms with Crippen LogP contribution in [0, 0.1) is 6.92 Å². The highest BCUT2D eigenvalue weighted by Gasteiger charge is 2.21. The van der Waals surface area contributed by atoms with Gasteiger partial charge >= 0.3 is 0 Å². The van der Waals surface area contributed by atoms with Gasteiger partial charge in [0.05, 0.1) is 0 Å². The van der Waals surface area contributed by atoms with Crippen LogP contribution >= 0.6 is 11.8 Å². The van der Waals surface area contributed by atoms with E-state index in [9.17, 15) is 4.79 Å². The van der Waals surface area contributed by atoms with Gasteiger partial charge in [-0.05, 0) is 37.1 Å². The van der Waals surface area contributed by atoms with Gasteiger partial charge in [0, 0.05) is 28.3 Å². The lowest BCUT2D eigenvalue weighted by Crippen LogP contribution is -2.20. The fourth-order valence-corrected chi connectivity index (χ4v) is 3.27. The minimum absolute atomic E-state index is 0.371. The highest BCUT2D eigenvalue weighted by Crippen LogP contribution is 2.29. The van der Waals surface area contributed by atoms with Crippen LogP contribution in [-0.2, 0) is 0 Å². The molecule has 3 nitrogen and oxygen atoms in total. The van der Waals surface area contributed by atoms with Gasteiger partial charge in [0.1, 0.15) is 0 Å². The Morgan fingerprint density at radius 1 is 1.53 bits per heavy atom. The minimum atomic E-state index is -0.371. The van der Waals surface area contributed by atoms with Crippen LogP contribution < -0.4 is 11.1 Å². The van der Waals surface area contributed by atoms with Crippen LogP contribution in [0.5, 0.6) is 0 Å². The van der Waals surface area contributed by atoms with Crippen molar-refractivity contribution in [2.75, 3.05) is 11.1 Å². The largest absolute Gasteiger partial charge is 0.381 e. The zero-order chi connectivity index (χ0) is 12.4. The van der Waals surface area contributed by atoms with E-state index in [1.54, 1.807) is 6.07 Å². The molecule has 1 aromatic rings. The number of hydrogen-bond acceptors (Lipinski definition) is 3. The van der Waals surface area contributed by atoms with Crippen LogP contribution in [0.1, 0.15) is 29.3 Å². The number of anilines is 1. The summed E-state index contributed by atoms with van der Waals surface area (Å²) in [7, 11) is 0. The third-order valence-electron chi connectivity index (χ3n) is 3.07. The standard InChI is InChI=1S/C13H18N2OS/c1-8-5-10(13(14)16)3-4-12(8)15-11-6-9(2)17-7-11/h3-5,9,11,15H,6-7H2,1-2H3,(H2,14,16). The molecule has 1 aliphatic rings. The van der Waals surface area contributed by atoms with Gasteiger partial charge in [-0.25, -0.2) is 0 Å². The quantitative estimate of drug-likeness (QED) is 0.866. The first kappa shape index (κ1) is 12.3. The Kier molecular flexibility index (Phi) is 3.62. The molecule has 1 saturated heterocycles. The molecule has 0 radical (unpaired) electrons. The Bertz CT molecular complexity index is 433. The first-order valence-electron chi connectivity index (χ1n) is 5.85. The van der Waals surface area contributed by atoms with E-state index in [4.69, 9.17) is 5.73 Å². The summed E-state index contributed by atoms with van der Waals surface area (Å²) in [5, 5.41) is 4.27. The summed E-state index contributed by atoms with van der Waals surface area (Å²) in [4.78, 5) is 11.1. The lowest BCUT2D eigenvalue weighted by atomic mass is 10.1. The van der Waals surface area contributed by atoms with E-state index < -0.39 is 0 Å². The molecule has 3 N–H and O–H groups in total. The third-order valence-corrected chi connectivity index (χ3v) is 4.43. The van der Waals surface area contributed by atoms with Gasteiger partial charge in [-0.2, -0.15) is 11.8 Å². The zero-order valence-corrected chi connectivity index (χ0v) is 11.0. The lowest BCUT2D eigenvalue weighted by Gasteiger charge is -2.15. The summed E-state index contributed by atoms with van der Waals surface area (Å²) in [5.74, 6) is 0.780. The molecule has 2 unspecified atom stereocenters. The number of benzene rings is 1. The highest BCUT2D eigenvalue weighted by atomic mass is 32.2. The molecule has 17 heavy (non-hydrogen) atoms. The molecule has 4 heteroatoms. The fourth-order valence-electron chi connectivity index (χ4n) is 2.12. The molecule has 1 amide bonds. The van der Waals surface area contributed by atoms with E-state index in [-0.39, 0.29) is 5.91 Å². The summed E-state index contributed by atoms with van der Waals surface area (Å²) < 4.78 is 0. The number of rotatable bonds is 3. The SMILES string of the molecule is Cc1cc(C(N)=O)ccc1NC1CSC(C)C1. The second-order valence-electron chi connectivity index (χ2n) is 4.61. The molecule has 1 aliphatic heterocycles. The summed E-state index contributed by atoms with van der Waals surface area (Å²) >= 11 is 2.00. The first-order valence-corrected chi connectivity index (χ1v) is 6.89. The van der Waals surface area contributed by atoms with Gasteiger partial charge in [0.25, 0.3) is 0 Å². The molecule has 0 bridgehead atoms. The average Bonchev–Trinajstić information content (AvgIpc) is 2.67. The highest BCUT2D eigenvalue weighted by molar-refractivity contribution is 8.00. The van der Waals surface area contributed by atoms with E-state index in [0.29, 0.717) is 11.6 Å². The molecule has 92 valence electrons. The molecule has 0 aromatic heterocycles. The van der Waals surface area contributed by atoms with Gasteiger partial charge in [-0.15, -0.1) is 0 Å². The second kappa shape index (κ2) is 5.00. The average molecular weight is 250 g/mol. The van der Waals surface area contributed by atoms with E-state index in [1.807, 2.05) is 30.8 Å². The topological polar surface area (TPSA) is 55.1 Å². The van der Waals surface area contributed by atoms with Crippen LogP contribution in [0.15, 0.2) is 18.2 Å². The zero-order valence-electron chi connectivity index (χ0n) is 10.2. The van der Waals surface area contributed by atoms with Gasteiger partial charge in [-0.3, -0.25) is 4.79 Å². The summed E-state index contributed by atoms with van der Waals surface area (Å²) in [6.07, 6.45) is 1.20. The molecular weight excluding hydrogens is 232 g/mol. The fraction of sp³-hybridized carbons (Fsp3) is 0.462. The van der Waals surface area contributed by atoms with Gasteiger partial charge in [-0.1, -0.05) is 6.92 Å². The lowest BCUT2D eigenvalue weighted by molar-refractivity contribution is 0.100. The van der Waals surface area contributed by atoms with Crippen molar-refractivity contribution >= 4 is 23.4 Å². The Morgan fingerprint density at radius 3 is 2.82 bits per heavy atom. The number of aryl methyl sites for hydroxylation is 1. The molecule has 1 heterocycles. The smallest absolute Gasteiger partial charge is 0.248 e. The Balaban J connectivity index is 2.09. The Labute approximate surface area is 106 Å². The number of carbonyl (C=O) groups excluding carboxylic acids is 1. The van der Waals surface area contributed by atoms with E-state index in [2.05, 4.69) is 12.2 Å². The maximum absolute atomic E-state index is 11.1. The minimum Gasteiger partial charge on any atom is -0.381 e. The summed E-state index contributed by atoms with van der Waals surface area (Å²) in [6.45, 7) is 4.26. The molecule has 0 spiro atoms. The third kappa shape index (κ3) is 2.94. The van der Waals surface area contributed by atoms with Gasteiger partial charge in [0.2, 0.25) is 5.91 Å². The maximum atomic E-state index is 11.1. The van der Waals surface area contributed by atoms with E-state index >= 15 is 0 Å². The normalized spacial score (nSPS) is 23.6. The van der Waals surface area contributed by atoms with Crippen molar-refractivity contribution in [2.24, 2.45) is 5.73 Å². The molecular formula is C13H18N2OS. The summed E-state index contributed by atoms with van der Waals surface area (Å²) in [6, 6.07) is 6.11. The van der Waals surface area contributed by atoms with Crippen molar-refractivity contribution in [1.29, 1.82) is 0 Å². The van der Waals surface area contributed by atoms with Crippen molar-refractivity contribution in [1.82, 2.24) is 0 Å². The predicted molar refractivity (Wildman–Crippen MR) is 73.6 cm³/mol. The van der Waals surface area contributed by atoms with Gasteiger partial charge < -0.3 is 11.1 Å². The predicted octanol–water partition coefficient (Wildman–Crippen LogP) is 2.40. The molecule has 0 aliphatic carbocycles. The number of carbonyl (C=O) groups is 1. The molecule has 0 saturated carbocycles. The number of primary amides is 1. The number of amides is 1. The van der Waals surface area contributed by atoms with Crippen LogP contribution in [0.4, 0.5) is 5.69 Å². The van der Waals surface area contributed by atoms with Crippen molar-refractivity contribution in [2.45, 2.75) is 31.6 Å². The van der Waals surface area contributed by atoms with E-state index in [1.165, 1.54) is 6.42 Å². The number of nitrogens with one attached hydrogen (secondary N) is 1. The molecule has 1 aromatic carbocycles. The van der Waals surface area contributed by atoms with Crippen LogP contribution in [0.3, 0.4) is 0 Å². The van der Waals surface area contributed by atoms with Crippen LogP contribution in [0.2, 0.25) is 0 Å². The second-order valence-corrected chi connectivity index (χ2v) is 6.09. The number of thioether (sulfide) groups is 1. The Hall–Kier alpha value is -1.16. The number of hydrogen-bond donors (Lipinski definition) is 2. The monoisotopic (exact) mass is 250 g/mol. The molecule has 1 fully saturated rings. The first-order chi connectivity index (χ1) is 8.06. The Morgan fingerprint density at radius 2 is 2.29 bits per heavy atom. The maximum Gasteiger partial charge on any atom is 0.248 e. The van der Waals surface area contributed by atoms with Crippen molar-refractivity contribution in [3.05, 3.63) is 29.3 Å². The molecule has 2 rings (SSSR count). The summed E-state index contributed by atoms with van der Waals surface area (Å²) in [5.41, 5.74) is 8.00. The van der Waals surface area contributed by atoms with Crippen LogP contribution in [0.25, 0.3) is 0 Å². The van der Waals surface area contributed by atoms with Crippen molar-refractivity contribution < 1.29 is 4.79 Å². The van der Waals surface area contributed by atoms with Gasteiger partial charge in [0.15, 0.2) is 0 Å². The number of nitrogens with two attached hydrogens (primary N) is 1. The van der Waals surface area contributed by atoms with Crippen molar-refractivity contribution in [3.63, 3.8) is 0 Å². The van der Waals surface area contributed by atoms with E-state index in [0.717, 1.165) is 22.3 Å². The molecule has 2 atom stereocenters.